The summed E-state index contributed by atoms with van der Waals surface area (Å²) in [5.74, 6) is -0.444. The third kappa shape index (κ3) is 3.45. The smallest absolute Gasteiger partial charge is 0.256 e. The maximum absolute atomic E-state index is 12.8. The number of nitrogens with one attached hydrogen (secondary N) is 3. The normalized spacial score (nSPS) is 15.0. The van der Waals surface area contributed by atoms with Crippen molar-refractivity contribution in [3.63, 3.8) is 0 Å². The maximum Gasteiger partial charge on any atom is 0.256 e. The number of aryl methyl sites for hydroxylation is 1. The highest BCUT2D eigenvalue weighted by molar-refractivity contribution is 6.35. The molecule has 0 fully saturated rings. The number of carbonyl (C=O) groups is 2. The second kappa shape index (κ2) is 7.51. The first-order valence-electron chi connectivity index (χ1n) is 9.69. The summed E-state index contributed by atoms with van der Waals surface area (Å²) in [4.78, 5) is 32.8. The van der Waals surface area contributed by atoms with Crippen LogP contribution in [-0.4, -0.2) is 21.8 Å². The third-order valence-corrected chi connectivity index (χ3v) is 5.37. The van der Waals surface area contributed by atoms with Gasteiger partial charge in [0.1, 0.15) is 0 Å². The summed E-state index contributed by atoms with van der Waals surface area (Å²) >= 11 is 0. The van der Waals surface area contributed by atoms with Gasteiger partial charge in [0.25, 0.3) is 11.8 Å². The number of hydrogen-bond acceptors (Lipinski definition) is 4. The molecular weight excluding hydrogens is 378 g/mol. The van der Waals surface area contributed by atoms with Crippen LogP contribution in [0.3, 0.4) is 0 Å². The quantitative estimate of drug-likeness (QED) is 0.500. The van der Waals surface area contributed by atoms with Gasteiger partial charge in [-0.15, -0.1) is 0 Å². The van der Waals surface area contributed by atoms with Crippen LogP contribution in [0.4, 0.5) is 11.4 Å². The largest absolute Gasteiger partial charge is 0.397 e. The first-order valence-corrected chi connectivity index (χ1v) is 9.69. The van der Waals surface area contributed by atoms with Crippen molar-refractivity contribution in [1.82, 2.24) is 15.3 Å². The van der Waals surface area contributed by atoms with Gasteiger partial charge >= 0.3 is 0 Å². The molecule has 3 heterocycles. The van der Waals surface area contributed by atoms with E-state index in [0.29, 0.717) is 28.1 Å². The van der Waals surface area contributed by atoms with Gasteiger partial charge in [0, 0.05) is 34.4 Å². The number of fused-ring (bicyclic) bond motifs is 1. The Morgan fingerprint density at radius 1 is 1.23 bits per heavy atom. The van der Waals surface area contributed by atoms with Crippen molar-refractivity contribution < 1.29 is 9.59 Å². The number of anilines is 2. The van der Waals surface area contributed by atoms with Gasteiger partial charge in [-0.1, -0.05) is 6.07 Å². The van der Waals surface area contributed by atoms with Crippen LogP contribution in [0.15, 0.2) is 42.6 Å². The standard InChI is InChI=1S/C23H23N5O2/c1-12-20(26-14(3)21(12)24)11-17-16-10-15(7-8-19(16)28-23(17)30)22(29)27-13(2)18-6-4-5-9-25-18/h4-11,13,26H,24H2,1-3H3,(H,27,29)(H,28,30). The summed E-state index contributed by atoms with van der Waals surface area (Å²) < 4.78 is 0. The van der Waals surface area contributed by atoms with E-state index in [1.54, 1.807) is 30.5 Å². The molecule has 0 spiro atoms. The van der Waals surface area contributed by atoms with Gasteiger partial charge in [-0.2, -0.15) is 0 Å². The molecule has 3 aromatic rings. The number of rotatable bonds is 4. The fourth-order valence-corrected chi connectivity index (χ4v) is 3.54. The minimum absolute atomic E-state index is 0.213. The molecule has 1 aromatic carbocycles. The zero-order chi connectivity index (χ0) is 21.4. The number of carbonyl (C=O) groups excluding carboxylic acids is 2. The number of aromatic nitrogens is 2. The molecule has 0 aliphatic carbocycles. The molecule has 152 valence electrons. The van der Waals surface area contributed by atoms with E-state index in [1.165, 1.54) is 0 Å². The van der Waals surface area contributed by atoms with Gasteiger partial charge in [-0.25, -0.2) is 0 Å². The second-order valence-corrected chi connectivity index (χ2v) is 7.42. The molecule has 1 aliphatic rings. The Labute approximate surface area is 174 Å². The molecule has 7 heteroatoms. The molecule has 1 aliphatic heterocycles. The summed E-state index contributed by atoms with van der Waals surface area (Å²) in [6.45, 7) is 5.67. The van der Waals surface area contributed by atoms with E-state index in [2.05, 4.69) is 20.6 Å². The molecule has 1 atom stereocenters. The lowest BCUT2D eigenvalue weighted by atomic mass is 10.0. The number of pyridine rings is 1. The van der Waals surface area contributed by atoms with E-state index >= 15 is 0 Å². The van der Waals surface area contributed by atoms with Gasteiger partial charge in [-0.3, -0.25) is 14.6 Å². The predicted molar refractivity (Wildman–Crippen MR) is 118 cm³/mol. The van der Waals surface area contributed by atoms with Gasteiger partial charge in [-0.05, 0) is 62.7 Å². The Morgan fingerprint density at radius 3 is 2.70 bits per heavy atom. The molecule has 30 heavy (non-hydrogen) atoms. The van der Waals surface area contributed by atoms with E-state index in [4.69, 9.17) is 5.73 Å². The summed E-state index contributed by atoms with van der Waals surface area (Å²) in [5.41, 5.74) is 12.3. The average molecular weight is 401 g/mol. The van der Waals surface area contributed by atoms with Crippen LogP contribution < -0.4 is 16.4 Å². The minimum Gasteiger partial charge on any atom is -0.397 e. The van der Waals surface area contributed by atoms with Crippen molar-refractivity contribution in [2.24, 2.45) is 0 Å². The number of nitrogens with zero attached hydrogens (tertiary/aromatic N) is 1. The number of benzene rings is 1. The molecule has 0 saturated heterocycles. The lowest BCUT2D eigenvalue weighted by Crippen LogP contribution is -2.27. The van der Waals surface area contributed by atoms with Crippen LogP contribution in [-0.2, 0) is 4.79 Å². The molecule has 0 bridgehead atoms. The van der Waals surface area contributed by atoms with Crippen LogP contribution in [0.2, 0.25) is 0 Å². The first kappa shape index (κ1) is 19.4. The van der Waals surface area contributed by atoms with Crippen LogP contribution in [0, 0.1) is 13.8 Å². The van der Waals surface area contributed by atoms with Crippen molar-refractivity contribution >= 4 is 34.8 Å². The van der Waals surface area contributed by atoms with Gasteiger partial charge in [0.15, 0.2) is 0 Å². The van der Waals surface area contributed by atoms with Gasteiger partial charge in [0.05, 0.1) is 23.0 Å². The van der Waals surface area contributed by atoms with Crippen LogP contribution in [0.25, 0.3) is 11.6 Å². The summed E-state index contributed by atoms with van der Waals surface area (Å²) in [7, 11) is 0. The SMILES string of the molecule is Cc1[nH]c(C=C2C(=O)Nc3ccc(C(=O)NC(C)c4ccccn4)cc32)c(C)c1N. The number of H-pyrrole nitrogens is 1. The Kier molecular flexibility index (Phi) is 4.87. The molecule has 5 N–H and O–H groups in total. The molecular formula is C23H23N5O2. The van der Waals surface area contributed by atoms with Crippen LogP contribution in [0.5, 0.6) is 0 Å². The zero-order valence-electron chi connectivity index (χ0n) is 17.0. The fourth-order valence-electron chi connectivity index (χ4n) is 3.54. The van der Waals surface area contributed by atoms with Crippen molar-refractivity contribution in [2.75, 3.05) is 11.1 Å². The highest BCUT2D eigenvalue weighted by atomic mass is 16.2. The molecule has 4 rings (SSSR count). The van der Waals surface area contributed by atoms with E-state index < -0.39 is 0 Å². The molecule has 2 aromatic heterocycles. The average Bonchev–Trinajstić information content (AvgIpc) is 3.18. The number of aromatic amines is 1. The van der Waals surface area contributed by atoms with Crippen molar-refractivity contribution in [3.05, 3.63) is 76.4 Å². The zero-order valence-corrected chi connectivity index (χ0v) is 17.0. The Bertz CT molecular complexity index is 1180. The van der Waals surface area contributed by atoms with Crippen LogP contribution in [0.1, 0.15) is 51.5 Å². The molecule has 0 radical (unpaired) electrons. The minimum atomic E-state index is -0.241. The number of hydrogen-bond donors (Lipinski definition) is 4. The molecule has 7 nitrogen and oxygen atoms in total. The van der Waals surface area contributed by atoms with Crippen molar-refractivity contribution in [2.45, 2.75) is 26.8 Å². The Morgan fingerprint density at radius 2 is 2.03 bits per heavy atom. The highest BCUT2D eigenvalue weighted by Gasteiger charge is 2.26. The Balaban J connectivity index is 1.64. The molecule has 1 unspecified atom stereocenters. The predicted octanol–water partition coefficient (Wildman–Crippen LogP) is 3.59. The van der Waals surface area contributed by atoms with Crippen LogP contribution >= 0.6 is 0 Å². The second-order valence-electron chi connectivity index (χ2n) is 7.42. The van der Waals surface area contributed by atoms with E-state index in [0.717, 1.165) is 22.6 Å². The summed E-state index contributed by atoms with van der Waals surface area (Å²) in [6, 6.07) is 10.5. The summed E-state index contributed by atoms with van der Waals surface area (Å²) in [5, 5.41) is 5.80. The third-order valence-electron chi connectivity index (χ3n) is 5.37. The van der Waals surface area contributed by atoms with Crippen molar-refractivity contribution in [1.29, 1.82) is 0 Å². The Hall–Kier alpha value is -3.87. The van der Waals surface area contributed by atoms with E-state index in [9.17, 15) is 9.59 Å². The topological polar surface area (TPSA) is 113 Å². The molecule has 0 saturated carbocycles. The van der Waals surface area contributed by atoms with Crippen molar-refractivity contribution in [3.8, 4) is 0 Å². The lowest BCUT2D eigenvalue weighted by molar-refractivity contribution is -0.110. The molecule has 2 amide bonds. The first-order chi connectivity index (χ1) is 14.3. The van der Waals surface area contributed by atoms with Gasteiger partial charge in [0.2, 0.25) is 0 Å². The maximum atomic E-state index is 12.8. The highest BCUT2D eigenvalue weighted by Crippen LogP contribution is 2.35. The monoisotopic (exact) mass is 401 g/mol. The fraction of sp³-hybridized carbons (Fsp3) is 0.174. The van der Waals surface area contributed by atoms with E-state index in [1.807, 2.05) is 39.0 Å². The van der Waals surface area contributed by atoms with E-state index in [-0.39, 0.29) is 17.9 Å². The van der Waals surface area contributed by atoms with Gasteiger partial charge < -0.3 is 21.4 Å². The number of amides is 2. The number of nitrogens with two attached hydrogens (primary N) is 1. The number of nitrogen functional groups attached to an aromatic ring is 1. The summed E-state index contributed by atoms with van der Waals surface area (Å²) in [6.07, 6.45) is 3.47. The lowest BCUT2D eigenvalue weighted by Gasteiger charge is -2.13.